The number of benzene rings is 3. The SMILES string of the molecule is COc1ccc(NC(=O)Nc2ccc3c(c2)N(S(=O)(=O)c2ccccc2)CCC3)cc1. The van der Waals surface area contributed by atoms with Gasteiger partial charge in [0.05, 0.1) is 17.7 Å². The normalized spacial score (nSPS) is 13.3. The molecule has 3 aromatic rings. The summed E-state index contributed by atoms with van der Waals surface area (Å²) in [6.45, 7) is 0.395. The number of sulfonamides is 1. The first-order valence-electron chi connectivity index (χ1n) is 9.90. The zero-order chi connectivity index (χ0) is 21.8. The van der Waals surface area contributed by atoms with Gasteiger partial charge >= 0.3 is 6.03 Å². The number of hydrogen-bond donors (Lipinski definition) is 2. The van der Waals surface area contributed by atoms with Crippen molar-refractivity contribution in [3.63, 3.8) is 0 Å². The van der Waals surface area contributed by atoms with E-state index < -0.39 is 16.1 Å². The molecule has 1 aliphatic heterocycles. The van der Waals surface area contributed by atoms with E-state index in [2.05, 4.69) is 10.6 Å². The summed E-state index contributed by atoms with van der Waals surface area (Å²) < 4.78 is 32.9. The van der Waals surface area contributed by atoms with Gasteiger partial charge in [0.25, 0.3) is 10.0 Å². The summed E-state index contributed by atoms with van der Waals surface area (Å²) in [4.78, 5) is 12.7. The first kappa shape index (κ1) is 20.7. The van der Waals surface area contributed by atoms with Gasteiger partial charge in [-0.1, -0.05) is 24.3 Å². The Balaban J connectivity index is 1.55. The van der Waals surface area contributed by atoms with Gasteiger partial charge < -0.3 is 15.4 Å². The Morgan fingerprint density at radius 1 is 0.935 bits per heavy atom. The molecule has 0 aliphatic carbocycles. The number of anilines is 3. The summed E-state index contributed by atoms with van der Waals surface area (Å²) >= 11 is 0. The minimum absolute atomic E-state index is 0.249. The molecule has 8 heteroatoms. The maximum Gasteiger partial charge on any atom is 0.323 e. The largest absolute Gasteiger partial charge is 0.497 e. The van der Waals surface area contributed by atoms with E-state index in [9.17, 15) is 13.2 Å². The van der Waals surface area contributed by atoms with Crippen molar-refractivity contribution < 1.29 is 17.9 Å². The number of fused-ring (bicyclic) bond motifs is 1. The molecule has 0 radical (unpaired) electrons. The van der Waals surface area contributed by atoms with Crippen LogP contribution in [-0.4, -0.2) is 28.1 Å². The van der Waals surface area contributed by atoms with Crippen LogP contribution in [0.5, 0.6) is 5.75 Å². The summed E-state index contributed by atoms with van der Waals surface area (Å²) in [5.41, 5.74) is 2.66. The first-order chi connectivity index (χ1) is 15.0. The van der Waals surface area contributed by atoms with Crippen LogP contribution >= 0.6 is 0 Å². The van der Waals surface area contributed by atoms with Crippen LogP contribution < -0.4 is 19.7 Å². The van der Waals surface area contributed by atoms with Crippen molar-refractivity contribution in [1.29, 1.82) is 0 Å². The molecule has 0 saturated carbocycles. The Labute approximate surface area is 181 Å². The fourth-order valence-corrected chi connectivity index (χ4v) is 5.11. The highest BCUT2D eigenvalue weighted by molar-refractivity contribution is 7.92. The number of rotatable bonds is 5. The molecule has 2 N–H and O–H groups in total. The van der Waals surface area contributed by atoms with Crippen LogP contribution in [0.25, 0.3) is 0 Å². The second-order valence-corrected chi connectivity index (χ2v) is 9.01. The van der Waals surface area contributed by atoms with Gasteiger partial charge in [-0.3, -0.25) is 4.31 Å². The topological polar surface area (TPSA) is 87.7 Å². The van der Waals surface area contributed by atoms with Crippen LogP contribution in [0.3, 0.4) is 0 Å². The molecule has 31 heavy (non-hydrogen) atoms. The average molecular weight is 438 g/mol. The van der Waals surface area contributed by atoms with Crippen LogP contribution in [0.1, 0.15) is 12.0 Å². The Morgan fingerprint density at radius 2 is 1.61 bits per heavy atom. The third-order valence-electron chi connectivity index (χ3n) is 5.10. The lowest BCUT2D eigenvalue weighted by atomic mass is 10.0. The van der Waals surface area contributed by atoms with Gasteiger partial charge in [-0.25, -0.2) is 13.2 Å². The molecule has 7 nitrogen and oxygen atoms in total. The number of hydrogen-bond acceptors (Lipinski definition) is 4. The molecule has 0 fully saturated rings. The third kappa shape index (κ3) is 4.49. The summed E-state index contributed by atoms with van der Waals surface area (Å²) in [5.74, 6) is 0.695. The highest BCUT2D eigenvalue weighted by Crippen LogP contribution is 2.34. The van der Waals surface area contributed by atoms with E-state index in [1.165, 1.54) is 4.31 Å². The van der Waals surface area contributed by atoms with Crippen molar-refractivity contribution in [3.05, 3.63) is 78.4 Å². The maximum atomic E-state index is 13.2. The van der Waals surface area contributed by atoms with E-state index in [-0.39, 0.29) is 4.90 Å². The quantitative estimate of drug-likeness (QED) is 0.616. The highest BCUT2D eigenvalue weighted by Gasteiger charge is 2.29. The molecular weight excluding hydrogens is 414 g/mol. The van der Waals surface area contributed by atoms with Gasteiger partial charge in [-0.05, 0) is 66.9 Å². The second-order valence-electron chi connectivity index (χ2n) is 7.14. The lowest BCUT2D eigenvalue weighted by Gasteiger charge is -2.31. The van der Waals surface area contributed by atoms with Gasteiger partial charge in [0.15, 0.2) is 0 Å². The van der Waals surface area contributed by atoms with Gasteiger partial charge in [0.1, 0.15) is 5.75 Å². The van der Waals surface area contributed by atoms with E-state index in [0.717, 1.165) is 18.4 Å². The standard InChI is InChI=1S/C23H23N3O4S/c1-30-20-13-11-18(12-14-20)24-23(27)25-19-10-9-17-6-5-15-26(22(17)16-19)31(28,29)21-7-3-2-4-8-21/h2-4,7-14,16H,5-6,15H2,1H3,(H2,24,25,27). The molecule has 0 bridgehead atoms. The molecule has 2 amide bonds. The van der Waals surface area contributed by atoms with E-state index in [1.807, 2.05) is 6.07 Å². The van der Waals surface area contributed by atoms with E-state index >= 15 is 0 Å². The number of nitrogens with zero attached hydrogens (tertiary/aromatic N) is 1. The molecule has 4 rings (SSSR count). The number of carbonyl (C=O) groups excluding carboxylic acids is 1. The van der Waals surface area contributed by atoms with Crippen molar-refractivity contribution in [2.45, 2.75) is 17.7 Å². The Bertz CT molecular complexity index is 1180. The predicted octanol–water partition coefficient (Wildman–Crippen LogP) is 4.48. The molecule has 0 aromatic heterocycles. The van der Waals surface area contributed by atoms with Crippen LogP contribution in [0.4, 0.5) is 21.9 Å². The van der Waals surface area contributed by atoms with Gasteiger partial charge in [-0.2, -0.15) is 0 Å². The van der Waals surface area contributed by atoms with E-state index in [1.54, 1.807) is 73.8 Å². The number of urea groups is 1. The monoisotopic (exact) mass is 437 g/mol. The number of ether oxygens (including phenoxy) is 1. The van der Waals surface area contributed by atoms with Crippen molar-refractivity contribution in [2.24, 2.45) is 0 Å². The maximum absolute atomic E-state index is 13.2. The second kappa shape index (κ2) is 8.69. The minimum Gasteiger partial charge on any atom is -0.497 e. The zero-order valence-electron chi connectivity index (χ0n) is 17.0. The summed E-state index contributed by atoms with van der Waals surface area (Å²) in [5, 5.41) is 5.53. The summed E-state index contributed by atoms with van der Waals surface area (Å²) in [7, 11) is -2.11. The molecule has 0 atom stereocenters. The van der Waals surface area contributed by atoms with E-state index in [4.69, 9.17) is 4.74 Å². The Morgan fingerprint density at radius 3 is 2.32 bits per heavy atom. The van der Waals surface area contributed by atoms with Crippen LogP contribution in [-0.2, 0) is 16.4 Å². The Kier molecular flexibility index (Phi) is 5.81. The number of nitrogens with one attached hydrogen (secondary N) is 2. The first-order valence-corrected chi connectivity index (χ1v) is 11.3. The third-order valence-corrected chi connectivity index (χ3v) is 6.93. The number of amides is 2. The minimum atomic E-state index is -3.68. The molecule has 0 unspecified atom stereocenters. The fourth-order valence-electron chi connectivity index (χ4n) is 3.56. The average Bonchev–Trinajstić information content (AvgIpc) is 2.79. The number of aryl methyl sites for hydroxylation is 1. The van der Waals surface area contributed by atoms with Crippen molar-refractivity contribution >= 4 is 33.1 Å². The molecule has 160 valence electrons. The number of carbonyl (C=O) groups is 1. The van der Waals surface area contributed by atoms with Crippen LogP contribution in [0.15, 0.2) is 77.7 Å². The Hall–Kier alpha value is -3.52. The molecule has 0 saturated heterocycles. The smallest absolute Gasteiger partial charge is 0.323 e. The molecule has 0 spiro atoms. The van der Waals surface area contributed by atoms with Gasteiger partial charge in [0, 0.05) is 17.9 Å². The number of methoxy groups -OCH3 is 1. The molecular formula is C23H23N3O4S. The van der Waals surface area contributed by atoms with Gasteiger partial charge in [-0.15, -0.1) is 0 Å². The van der Waals surface area contributed by atoms with E-state index in [0.29, 0.717) is 29.4 Å². The molecule has 1 aliphatic rings. The fraction of sp³-hybridized carbons (Fsp3) is 0.174. The van der Waals surface area contributed by atoms with Crippen molar-refractivity contribution in [2.75, 3.05) is 28.6 Å². The van der Waals surface area contributed by atoms with Gasteiger partial charge in [0.2, 0.25) is 0 Å². The predicted molar refractivity (Wildman–Crippen MR) is 121 cm³/mol. The molecule has 1 heterocycles. The lowest BCUT2D eigenvalue weighted by molar-refractivity contribution is 0.262. The van der Waals surface area contributed by atoms with Crippen LogP contribution in [0.2, 0.25) is 0 Å². The lowest BCUT2D eigenvalue weighted by Crippen LogP contribution is -2.35. The van der Waals surface area contributed by atoms with Crippen molar-refractivity contribution in [1.82, 2.24) is 0 Å². The van der Waals surface area contributed by atoms with Crippen LogP contribution in [0, 0.1) is 0 Å². The summed E-state index contributed by atoms with van der Waals surface area (Å²) in [6, 6.07) is 20.3. The van der Waals surface area contributed by atoms with Crippen molar-refractivity contribution in [3.8, 4) is 5.75 Å². The molecule has 3 aromatic carbocycles. The highest BCUT2D eigenvalue weighted by atomic mass is 32.2. The zero-order valence-corrected chi connectivity index (χ0v) is 17.9. The summed E-state index contributed by atoms with van der Waals surface area (Å²) in [6.07, 6.45) is 1.53.